The van der Waals surface area contributed by atoms with Crippen molar-refractivity contribution in [1.82, 2.24) is 15.1 Å². The molecule has 2 atom stereocenters. The number of ether oxygens (including phenoxy) is 1. The van der Waals surface area contributed by atoms with Crippen LogP contribution in [0.15, 0.2) is 48.5 Å². The molecule has 2 aliphatic heterocycles. The first kappa shape index (κ1) is 18.4. The number of aryl methyl sites for hydroxylation is 1. The average molecular weight is 408 g/mol. The first-order valence-corrected chi connectivity index (χ1v) is 10.3. The van der Waals surface area contributed by atoms with Crippen LogP contribution in [0, 0.1) is 6.92 Å². The van der Waals surface area contributed by atoms with Gasteiger partial charge in [0.2, 0.25) is 0 Å². The van der Waals surface area contributed by atoms with Gasteiger partial charge in [-0.2, -0.15) is 5.10 Å². The van der Waals surface area contributed by atoms with E-state index >= 15 is 0 Å². The van der Waals surface area contributed by atoms with E-state index in [0.717, 1.165) is 41.8 Å². The fourth-order valence-electron chi connectivity index (χ4n) is 4.32. The Hall–Kier alpha value is -2.63. The summed E-state index contributed by atoms with van der Waals surface area (Å²) in [5.41, 5.74) is 5.50. The Kier molecular flexibility index (Phi) is 4.64. The molecule has 3 aromatic rings. The molecule has 6 heteroatoms. The Morgan fingerprint density at radius 1 is 1.17 bits per heavy atom. The van der Waals surface area contributed by atoms with Gasteiger partial charge in [-0.1, -0.05) is 53.6 Å². The van der Waals surface area contributed by atoms with E-state index in [4.69, 9.17) is 16.3 Å². The summed E-state index contributed by atoms with van der Waals surface area (Å²) in [4.78, 5) is 15.2. The molecule has 2 aliphatic rings. The van der Waals surface area contributed by atoms with Gasteiger partial charge in [0.15, 0.2) is 0 Å². The van der Waals surface area contributed by atoms with E-state index in [9.17, 15) is 4.79 Å². The molecule has 0 spiro atoms. The molecule has 3 heterocycles. The number of fused-ring (bicyclic) bond motifs is 1. The zero-order valence-corrected chi connectivity index (χ0v) is 16.9. The molecule has 1 N–H and O–H groups in total. The highest BCUT2D eigenvalue weighted by atomic mass is 35.5. The van der Waals surface area contributed by atoms with Crippen molar-refractivity contribution in [3.8, 4) is 11.3 Å². The predicted molar refractivity (Wildman–Crippen MR) is 112 cm³/mol. The quantitative estimate of drug-likeness (QED) is 0.678. The van der Waals surface area contributed by atoms with Crippen molar-refractivity contribution in [2.24, 2.45) is 0 Å². The Morgan fingerprint density at radius 3 is 2.62 bits per heavy atom. The fraction of sp³-hybridized carbons (Fsp3) is 0.304. The van der Waals surface area contributed by atoms with E-state index < -0.39 is 0 Å². The summed E-state index contributed by atoms with van der Waals surface area (Å²) in [5, 5.41) is 8.17. The average Bonchev–Trinajstić information content (AvgIpc) is 3.44. The van der Waals surface area contributed by atoms with Crippen LogP contribution in [0.5, 0.6) is 0 Å². The van der Waals surface area contributed by atoms with Gasteiger partial charge >= 0.3 is 0 Å². The Labute approximate surface area is 174 Å². The molecular formula is C23H22ClN3O2. The van der Waals surface area contributed by atoms with Crippen LogP contribution in [0.2, 0.25) is 5.02 Å². The molecule has 1 saturated heterocycles. The highest BCUT2D eigenvalue weighted by Gasteiger charge is 2.43. The Morgan fingerprint density at radius 2 is 1.93 bits per heavy atom. The summed E-state index contributed by atoms with van der Waals surface area (Å²) in [7, 11) is 0. The van der Waals surface area contributed by atoms with E-state index in [1.54, 1.807) is 0 Å². The zero-order valence-electron chi connectivity index (χ0n) is 16.2. The third-order valence-corrected chi connectivity index (χ3v) is 6.05. The number of amides is 1. The van der Waals surface area contributed by atoms with Crippen LogP contribution in [0.4, 0.5) is 0 Å². The van der Waals surface area contributed by atoms with Crippen LogP contribution < -0.4 is 0 Å². The number of carbonyl (C=O) groups excluding carboxylic acids is 1. The molecule has 148 valence electrons. The number of H-pyrrole nitrogens is 1. The first-order chi connectivity index (χ1) is 14.1. The van der Waals surface area contributed by atoms with Crippen LogP contribution in [-0.4, -0.2) is 40.3 Å². The van der Waals surface area contributed by atoms with Gasteiger partial charge < -0.3 is 9.64 Å². The van der Waals surface area contributed by atoms with Crippen molar-refractivity contribution in [2.75, 3.05) is 13.2 Å². The Balaban J connectivity index is 1.61. The molecule has 2 unspecified atom stereocenters. The monoisotopic (exact) mass is 407 g/mol. The molecule has 1 fully saturated rings. The van der Waals surface area contributed by atoms with Crippen molar-refractivity contribution in [3.05, 3.63) is 75.9 Å². The van der Waals surface area contributed by atoms with E-state index in [1.165, 1.54) is 5.56 Å². The number of nitrogens with zero attached hydrogens (tertiary/aromatic N) is 2. The highest BCUT2D eigenvalue weighted by Crippen LogP contribution is 2.43. The molecule has 1 aromatic heterocycles. The minimum absolute atomic E-state index is 0.0196. The number of halogens is 1. The van der Waals surface area contributed by atoms with E-state index in [0.29, 0.717) is 17.3 Å². The molecule has 0 bridgehead atoms. The lowest BCUT2D eigenvalue weighted by molar-refractivity contribution is 0.0495. The topological polar surface area (TPSA) is 58.2 Å². The maximum Gasteiger partial charge on any atom is 0.273 e. The van der Waals surface area contributed by atoms with E-state index in [1.807, 2.05) is 29.2 Å². The van der Waals surface area contributed by atoms with Crippen molar-refractivity contribution in [3.63, 3.8) is 0 Å². The van der Waals surface area contributed by atoms with Crippen LogP contribution in [0.1, 0.15) is 46.1 Å². The molecule has 2 aromatic carbocycles. The van der Waals surface area contributed by atoms with Gasteiger partial charge in [0.1, 0.15) is 5.69 Å². The van der Waals surface area contributed by atoms with Crippen LogP contribution in [0.25, 0.3) is 11.3 Å². The largest absolute Gasteiger partial charge is 0.376 e. The number of aromatic nitrogens is 2. The van der Waals surface area contributed by atoms with Gasteiger partial charge in [0.25, 0.3) is 5.91 Å². The summed E-state index contributed by atoms with van der Waals surface area (Å²) in [6.45, 7) is 3.42. The van der Waals surface area contributed by atoms with Gasteiger partial charge in [-0.05, 0) is 37.5 Å². The number of hydrogen-bond acceptors (Lipinski definition) is 3. The Bertz CT molecular complexity index is 1040. The van der Waals surface area contributed by atoms with Crippen molar-refractivity contribution in [2.45, 2.75) is 31.9 Å². The molecular weight excluding hydrogens is 386 g/mol. The zero-order chi connectivity index (χ0) is 20.0. The number of benzene rings is 2. The first-order valence-electron chi connectivity index (χ1n) is 9.95. The lowest BCUT2D eigenvalue weighted by atomic mass is 9.95. The van der Waals surface area contributed by atoms with Gasteiger partial charge in [0, 0.05) is 29.3 Å². The minimum Gasteiger partial charge on any atom is -0.376 e. The predicted octanol–water partition coefficient (Wildman–Crippen LogP) is 4.76. The molecule has 0 radical (unpaired) electrons. The standard InChI is InChI=1S/C23H22ClN3O2/c1-14-4-6-16(7-5-14)22-19-20(15-8-10-17(24)11-9-15)25-26-21(19)23(28)27(22)13-18-3-2-12-29-18/h4-11,18,22H,2-3,12-13H2,1H3,(H,25,26). The molecule has 0 aliphatic carbocycles. The van der Waals surface area contributed by atoms with Crippen molar-refractivity contribution < 1.29 is 9.53 Å². The second kappa shape index (κ2) is 7.32. The van der Waals surface area contributed by atoms with Crippen molar-refractivity contribution >= 4 is 17.5 Å². The van der Waals surface area contributed by atoms with E-state index in [2.05, 4.69) is 41.4 Å². The molecule has 5 rings (SSSR count). The third kappa shape index (κ3) is 3.24. The SMILES string of the molecule is Cc1ccc(C2c3c(-c4ccc(Cl)cc4)n[nH]c3C(=O)N2CC2CCCO2)cc1. The lowest BCUT2D eigenvalue weighted by Crippen LogP contribution is -2.36. The number of hydrogen-bond donors (Lipinski definition) is 1. The molecule has 29 heavy (non-hydrogen) atoms. The number of nitrogens with one attached hydrogen (secondary N) is 1. The van der Waals surface area contributed by atoms with Crippen LogP contribution in [-0.2, 0) is 4.74 Å². The number of aromatic amines is 1. The number of rotatable bonds is 4. The number of carbonyl (C=O) groups is 1. The smallest absolute Gasteiger partial charge is 0.273 e. The molecule has 0 saturated carbocycles. The second-order valence-corrected chi connectivity index (χ2v) is 8.21. The van der Waals surface area contributed by atoms with Crippen LogP contribution in [0.3, 0.4) is 0 Å². The van der Waals surface area contributed by atoms with Gasteiger partial charge in [-0.25, -0.2) is 0 Å². The van der Waals surface area contributed by atoms with Gasteiger partial charge in [0.05, 0.1) is 17.8 Å². The third-order valence-electron chi connectivity index (χ3n) is 5.80. The minimum atomic E-state index is -0.188. The molecule has 1 amide bonds. The fourth-order valence-corrected chi connectivity index (χ4v) is 4.44. The summed E-state index contributed by atoms with van der Waals surface area (Å²) < 4.78 is 5.84. The summed E-state index contributed by atoms with van der Waals surface area (Å²) in [6, 6.07) is 15.8. The van der Waals surface area contributed by atoms with Gasteiger partial charge in [-0.15, -0.1) is 0 Å². The second-order valence-electron chi connectivity index (χ2n) is 7.77. The maximum atomic E-state index is 13.3. The summed E-state index contributed by atoms with van der Waals surface area (Å²) in [6.07, 6.45) is 2.12. The lowest BCUT2D eigenvalue weighted by Gasteiger charge is -2.28. The normalized spacial score (nSPS) is 21.0. The van der Waals surface area contributed by atoms with Crippen LogP contribution >= 0.6 is 11.6 Å². The van der Waals surface area contributed by atoms with E-state index in [-0.39, 0.29) is 18.1 Å². The highest BCUT2D eigenvalue weighted by molar-refractivity contribution is 6.30. The maximum absolute atomic E-state index is 13.3. The van der Waals surface area contributed by atoms with Crippen molar-refractivity contribution in [1.29, 1.82) is 0 Å². The molecule has 5 nitrogen and oxygen atoms in total. The summed E-state index contributed by atoms with van der Waals surface area (Å²) in [5.74, 6) is -0.0196. The summed E-state index contributed by atoms with van der Waals surface area (Å²) >= 11 is 6.07. The van der Waals surface area contributed by atoms with Gasteiger partial charge in [-0.3, -0.25) is 9.89 Å².